The largest absolute Gasteiger partial charge is 0.481 e. The number of nitrogens with one attached hydrogen (secondary N) is 1. The highest BCUT2D eigenvalue weighted by Crippen LogP contribution is 2.14. The number of carboxylic acids is 1. The van der Waals surface area contributed by atoms with Gasteiger partial charge in [0.25, 0.3) is 5.91 Å². The molecule has 106 valence electrons. The first-order chi connectivity index (χ1) is 9.04. The minimum absolute atomic E-state index is 0.145. The van der Waals surface area contributed by atoms with Gasteiger partial charge >= 0.3 is 5.97 Å². The number of amides is 1. The van der Waals surface area contributed by atoms with Crippen molar-refractivity contribution in [1.82, 2.24) is 15.1 Å². The number of nitrogens with zero attached hydrogens (tertiary/aromatic N) is 2. The monoisotopic (exact) mass is 267 g/mol. The number of hydrogen-bond acceptors (Lipinski definition) is 3. The quantitative estimate of drug-likeness (QED) is 0.746. The van der Waals surface area contributed by atoms with Crippen LogP contribution in [0.25, 0.3) is 0 Å². The molecule has 0 fully saturated rings. The summed E-state index contributed by atoms with van der Waals surface area (Å²) in [7, 11) is 1.72. The molecule has 0 saturated heterocycles. The maximum Gasteiger partial charge on any atom is 0.303 e. The van der Waals surface area contributed by atoms with Gasteiger partial charge in [-0.05, 0) is 24.8 Å². The summed E-state index contributed by atoms with van der Waals surface area (Å²) in [6.45, 7) is 2.59. The molecule has 1 unspecified atom stereocenters. The van der Waals surface area contributed by atoms with Crippen LogP contribution in [0.1, 0.15) is 43.1 Å². The Bertz CT molecular complexity index is 429. The standard InChI is InChI=1S/C13H21N3O3/c1-3-10(4-5-12(17)18)6-8-14-13(19)11-7-9-15-16(11)2/h7,9-10H,3-6,8H2,1-2H3,(H,14,19)(H,17,18). The van der Waals surface area contributed by atoms with E-state index in [1.807, 2.05) is 6.92 Å². The van der Waals surface area contributed by atoms with Gasteiger partial charge in [-0.15, -0.1) is 0 Å². The fourth-order valence-corrected chi connectivity index (χ4v) is 1.96. The number of hydrogen-bond donors (Lipinski definition) is 2. The van der Waals surface area contributed by atoms with Crippen LogP contribution in [-0.2, 0) is 11.8 Å². The Hall–Kier alpha value is -1.85. The molecule has 0 radical (unpaired) electrons. The Morgan fingerprint density at radius 3 is 2.74 bits per heavy atom. The van der Waals surface area contributed by atoms with Crippen molar-refractivity contribution in [2.75, 3.05) is 6.54 Å². The third-order valence-corrected chi connectivity index (χ3v) is 3.24. The third kappa shape index (κ3) is 5.11. The van der Waals surface area contributed by atoms with Crippen LogP contribution in [-0.4, -0.2) is 33.3 Å². The smallest absolute Gasteiger partial charge is 0.303 e. The molecule has 0 aliphatic rings. The Labute approximate surface area is 112 Å². The summed E-state index contributed by atoms with van der Waals surface area (Å²) in [5.41, 5.74) is 0.526. The average Bonchev–Trinajstić information content (AvgIpc) is 2.79. The molecule has 1 amide bonds. The molecule has 0 aliphatic heterocycles. The van der Waals surface area contributed by atoms with Crippen LogP contribution in [0.3, 0.4) is 0 Å². The minimum Gasteiger partial charge on any atom is -0.481 e. The van der Waals surface area contributed by atoms with Crippen molar-refractivity contribution in [1.29, 1.82) is 0 Å². The molecule has 19 heavy (non-hydrogen) atoms. The van der Waals surface area contributed by atoms with Gasteiger partial charge in [-0.3, -0.25) is 14.3 Å². The highest BCUT2D eigenvalue weighted by Gasteiger charge is 2.12. The predicted molar refractivity (Wildman–Crippen MR) is 70.8 cm³/mol. The second-order valence-electron chi connectivity index (χ2n) is 4.59. The van der Waals surface area contributed by atoms with E-state index in [1.165, 1.54) is 4.68 Å². The summed E-state index contributed by atoms with van der Waals surface area (Å²) in [5, 5.41) is 15.4. The van der Waals surface area contributed by atoms with Gasteiger partial charge in [0.15, 0.2) is 0 Å². The first kappa shape index (κ1) is 15.2. The second kappa shape index (κ2) is 7.56. The summed E-state index contributed by atoms with van der Waals surface area (Å²) in [5.74, 6) is -0.576. The summed E-state index contributed by atoms with van der Waals surface area (Å²) in [6, 6.07) is 1.66. The molecule has 1 rings (SSSR count). The Kier molecular flexibility index (Phi) is 6.05. The molecule has 1 aromatic heterocycles. The van der Waals surface area contributed by atoms with Gasteiger partial charge in [0.1, 0.15) is 5.69 Å². The lowest BCUT2D eigenvalue weighted by Gasteiger charge is -2.14. The molecule has 0 spiro atoms. The van der Waals surface area contributed by atoms with Crippen LogP contribution in [0.2, 0.25) is 0 Å². The van der Waals surface area contributed by atoms with Crippen molar-refractivity contribution in [3.63, 3.8) is 0 Å². The van der Waals surface area contributed by atoms with E-state index < -0.39 is 5.97 Å². The van der Waals surface area contributed by atoms with E-state index in [2.05, 4.69) is 10.4 Å². The number of aryl methyl sites for hydroxylation is 1. The zero-order valence-corrected chi connectivity index (χ0v) is 11.4. The Morgan fingerprint density at radius 1 is 1.47 bits per heavy atom. The molecule has 6 nitrogen and oxygen atoms in total. The number of carboxylic acid groups (broad SMARTS) is 1. The maximum absolute atomic E-state index is 11.8. The first-order valence-electron chi connectivity index (χ1n) is 6.52. The van der Waals surface area contributed by atoms with Crippen molar-refractivity contribution in [2.24, 2.45) is 13.0 Å². The molecule has 0 aliphatic carbocycles. The lowest BCUT2D eigenvalue weighted by Crippen LogP contribution is -2.27. The summed E-state index contributed by atoms with van der Waals surface area (Å²) >= 11 is 0. The summed E-state index contributed by atoms with van der Waals surface area (Å²) in [4.78, 5) is 22.3. The van der Waals surface area contributed by atoms with E-state index >= 15 is 0 Å². The zero-order chi connectivity index (χ0) is 14.3. The van der Waals surface area contributed by atoms with Crippen molar-refractivity contribution in [3.8, 4) is 0 Å². The predicted octanol–water partition coefficient (Wildman–Crippen LogP) is 1.43. The zero-order valence-electron chi connectivity index (χ0n) is 11.4. The molecule has 1 heterocycles. The van der Waals surface area contributed by atoms with E-state index in [4.69, 9.17) is 5.11 Å². The number of rotatable bonds is 8. The molecule has 2 N–H and O–H groups in total. The fourth-order valence-electron chi connectivity index (χ4n) is 1.96. The summed E-state index contributed by atoms with van der Waals surface area (Å²) < 4.78 is 1.52. The van der Waals surface area contributed by atoms with Gasteiger partial charge in [0.2, 0.25) is 0 Å². The molecular weight excluding hydrogens is 246 g/mol. The lowest BCUT2D eigenvalue weighted by molar-refractivity contribution is -0.137. The van der Waals surface area contributed by atoms with Crippen LogP contribution in [0, 0.1) is 5.92 Å². The highest BCUT2D eigenvalue weighted by molar-refractivity contribution is 5.92. The lowest BCUT2D eigenvalue weighted by atomic mass is 9.96. The van der Waals surface area contributed by atoms with Gasteiger partial charge in [-0.2, -0.15) is 5.10 Å². The van der Waals surface area contributed by atoms with Crippen molar-refractivity contribution >= 4 is 11.9 Å². The molecule has 1 atom stereocenters. The molecule has 1 aromatic rings. The maximum atomic E-state index is 11.8. The van der Waals surface area contributed by atoms with Crippen molar-refractivity contribution < 1.29 is 14.7 Å². The summed E-state index contributed by atoms with van der Waals surface area (Å²) in [6.07, 6.45) is 4.15. The van der Waals surface area contributed by atoms with Crippen molar-refractivity contribution in [2.45, 2.75) is 32.6 Å². The van der Waals surface area contributed by atoms with Crippen LogP contribution in [0.15, 0.2) is 12.3 Å². The highest BCUT2D eigenvalue weighted by atomic mass is 16.4. The molecule has 0 aromatic carbocycles. The van der Waals surface area contributed by atoms with Gasteiger partial charge in [0, 0.05) is 26.2 Å². The van der Waals surface area contributed by atoms with Crippen molar-refractivity contribution in [3.05, 3.63) is 18.0 Å². The van der Waals surface area contributed by atoms with E-state index in [-0.39, 0.29) is 12.3 Å². The number of aliphatic carboxylic acids is 1. The van der Waals surface area contributed by atoms with E-state index in [9.17, 15) is 9.59 Å². The number of carbonyl (C=O) groups is 2. The SMILES string of the molecule is CCC(CCNC(=O)c1ccnn1C)CCC(=O)O. The van der Waals surface area contributed by atoms with Gasteiger partial charge in [-0.1, -0.05) is 13.3 Å². The van der Waals surface area contributed by atoms with Gasteiger partial charge in [0.05, 0.1) is 0 Å². The van der Waals surface area contributed by atoms with Crippen LogP contribution < -0.4 is 5.32 Å². The average molecular weight is 267 g/mol. The Balaban J connectivity index is 2.30. The molecule has 0 saturated carbocycles. The molecular formula is C13H21N3O3. The van der Waals surface area contributed by atoms with Crippen LogP contribution in [0.5, 0.6) is 0 Å². The topological polar surface area (TPSA) is 84.2 Å². The van der Waals surface area contributed by atoms with E-state index in [1.54, 1.807) is 19.3 Å². The van der Waals surface area contributed by atoms with E-state index in [0.29, 0.717) is 24.6 Å². The van der Waals surface area contributed by atoms with Gasteiger partial charge < -0.3 is 10.4 Å². The third-order valence-electron chi connectivity index (χ3n) is 3.24. The van der Waals surface area contributed by atoms with Crippen LogP contribution >= 0.6 is 0 Å². The minimum atomic E-state index is -0.766. The fraction of sp³-hybridized carbons (Fsp3) is 0.615. The molecule has 0 bridgehead atoms. The normalized spacial score (nSPS) is 12.1. The van der Waals surface area contributed by atoms with Crippen LogP contribution in [0.4, 0.5) is 0 Å². The van der Waals surface area contributed by atoms with E-state index in [0.717, 1.165) is 12.8 Å². The number of carbonyl (C=O) groups excluding carboxylic acids is 1. The second-order valence-corrected chi connectivity index (χ2v) is 4.59. The number of aromatic nitrogens is 2. The Morgan fingerprint density at radius 2 is 2.21 bits per heavy atom. The molecule has 6 heteroatoms. The first-order valence-corrected chi connectivity index (χ1v) is 6.52. The van der Waals surface area contributed by atoms with Gasteiger partial charge in [-0.25, -0.2) is 0 Å².